The van der Waals surface area contributed by atoms with Crippen molar-refractivity contribution in [3.63, 3.8) is 0 Å². The van der Waals surface area contributed by atoms with Crippen LogP contribution in [-0.2, 0) is 22.7 Å². The van der Waals surface area contributed by atoms with Crippen LogP contribution in [0.2, 0.25) is 10.6 Å². The molecule has 0 radical (unpaired) electrons. The zero-order valence-electron chi connectivity index (χ0n) is 14.3. The molecule has 4 nitrogen and oxygen atoms in total. The Morgan fingerprint density at radius 3 is 1.48 bits per heavy atom. The summed E-state index contributed by atoms with van der Waals surface area (Å²) in [7, 11) is 0. The van der Waals surface area contributed by atoms with Crippen molar-refractivity contribution >= 4 is 15.0 Å². The summed E-state index contributed by atoms with van der Waals surface area (Å²) in [4.78, 5) is 0. The number of rotatable bonds is 12. The summed E-state index contributed by atoms with van der Waals surface area (Å²) in [6.45, 7) is 1.69. The first kappa shape index (κ1) is 20.1. The Hall–Kier alpha value is -1.20. The van der Waals surface area contributed by atoms with Crippen molar-refractivity contribution in [2.24, 2.45) is 0 Å². The van der Waals surface area contributed by atoms with Gasteiger partial charge in [-0.05, 0) is 0 Å². The van der Waals surface area contributed by atoms with E-state index in [1.165, 1.54) is 0 Å². The first-order valence-corrected chi connectivity index (χ1v) is 10.8. The zero-order valence-corrected chi connectivity index (χ0v) is 16.0. The third kappa shape index (κ3) is 9.17. The molecule has 0 bridgehead atoms. The van der Waals surface area contributed by atoms with E-state index in [2.05, 4.69) is 0 Å². The summed E-state index contributed by atoms with van der Waals surface area (Å²) >= 11 is 0.172. The number of hydrogen-bond donors (Lipinski definition) is 2. The van der Waals surface area contributed by atoms with Crippen LogP contribution in [-0.4, -0.2) is 50.6 Å². The molecular weight excluding hydrogens is 383 g/mol. The molecule has 0 aromatic heterocycles. The van der Waals surface area contributed by atoms with Gasteiger partial charge in [0.25, 0.3) is 0 Å². The van der Waals surface area contributed by atoms with Gasteiger partial charge in [-0.25, -0.2) is 0 Å². The van der Waals surface area contributed by atoms with Crippen LogP contribution in [0.1, 0.15) is 11.1 Å². The van der Waals surface area contributed by atoms with Gasteiger partial charge in [-0.1, -0.05) is 0 Å². The fourth-order valence-corrected chi connectivity index (χ4v) is 4.04. The van der Waals surface area contributed by atoms with Gasteiger partial charge in [0.1, 0.15) is 0 Å². The second-order valence-electron chi connectivity index (χ2n) is 5.85. The average Bonchev–Trinajstić information content (AvgIpc) is 2.63. The Labute approximate surface area is 156 Å². The summed E-state index contributed by atoms with van der Waals surface area (Å²) in [5, 5.41) is 21.2. The maximum atomic E-state index is 9.94. The summed E-state index contributed by atoms with van der Waals surface area (Å²) in [5.41, 5.74) is 2.21. The number of hydrogen-bond acceptors (Lipinski definition) is 4. The third-order valence-electron chi connectivity index (χ3n) is 3.46. The van der Waals surface area contributed by atoms with Gasteiger partial charge >= 0.3 is 156 Å². The standard InChI is InChI=1S/C20H26O4Se/c21-19(13-23-11-17-7-3-1-4-8-17)15-25-16-20(22)14-24-12-18-9-5-2-6-10-18/h1-10,19-22H,11-16H2/t19-,20-/m0/s1. The van der Waals surface area contributed by atoms with Gasteiger partial charge in [-0.15, -0.1) is 0 Å². The van der Waals surface area contributed by atoms with E-state index in [1.54, 1.807) is 0 Å². The summed E-state index contributed by atoms with van der Waals surface area (Å²) in [6, 6.07) is 19.8. The zero-order chi connectivity index (χ0) is 17.7. The molecule has 0 heterocycles. The minimum absolute atomic E-state index is 0.172. The van der Waals surface area contributed by atoms with Crippen molar-refractivity contribution < 1.29 is 19.7 Å². The molecule has 5 heteroatoms. The van der Waals surface area contributed by atoms with Crippen LogP contribution >= 0.6 is 0 Å². The van der Waals surface area contributed by atoms with Crippen LogP contribution in [0, 0.1) is 0 Å². The molecule has 2 aromatic carbocycles. The Morgan fingerprint density at radius 2 is 1.08 bits per heavy atom. The van der Waals surface area contributed by atoms with E-state index in [1.807, 2.05) is 60.7 Å². The molecule has 0 saturated heterocycles. The van der Waals surface area contributed by atoms with Crippen LogP contribution in [0.15, 0.2) is 60.7 Å². The van der Waals surface area contributed by atoms with E-state index in [9.17, 15) is 10.2 Å². The fraction of sp³-hybridized carbons (Fsp3) is 0.400. The topological polar surface area (TPSA) is 58.9 Å². The van der Waals surface area contributed by atoms with E-state index in [-0.39, 0.29) is 15.0 Å². The molecule has 2 N–H and O–H groups in total. The van der Waals surface area contributed by atoms with E-state index in [4.69, 9.17) is 9.47 Å². The van der Waals surface area contributed by atoms with Crippen molar-refractivity contribution in [1.82, 2.24) is 0 Å². The van der Waals surface area contributed by atoms with E-state index >= 15 is 0 Å². The fourth-order valence-electron chi connectivity index (χ4n) is 2.21. The molecular formula is C20H26O4Se. The van der Waals surface area contributed by atoms with Gasteiger partial charge < -0.3 is 0 Å². The van der Waals surface area contributed by atoms with Crippen LogP contribution in [0.4, 0.5) is 0 Å². The molecule has 0 aliphatic carbocycles. The molecule has 2 atom stereocenters. The molecule has 0 spiro atoms. The van der Waals surface area contributed by atoms with Gasteiger partial charge in [0, 0.05) is 0 Å². The summed E-state index contributed by atoms with van der Waals surface area (Å²) < 4.78 is 11.1. The molecule has 0 fully saturated rings. The molecule has 136 valence electrons. The average molecular weight is 409 g/mol. The first-order valence-electron chi connectivity index (χ1n) is 8.41. The van der Waals surface area contributed by atoms with Crippen LogP contribution < -0.4 is 0 Å². The summed E-state index contributed by atoms with van der Waals surface area (Å²) in [5.74, 6) is 0. The molecule has 0 unspecified atom stereocenters. The molecule has 2 aromatic rings. The monoisotopic (exact) mass is 410 g/mol. The van der Waals surface area contributed by atoms with Gasteiger partial charge in [0.2, 0.25) is 0 Å². The number of aliphatic hydroxyl groups excluding tert-OH is 2. The Bertz CT molecular complexity index is 513. The van der Waals surface area contributed by atoms with E-state index in [0.29, 0.717) is 37.1 Å². The predicted octanol–water partition coefficient (Wildman–Crippen LogP) is 2.68. The van der Waals surface area contributed by atoms with Crippen molar-refractivity contribution in [2.45, 2.75) is 36.1 Å². The quantitative estimate of drug-likeness (QED) is 0.530. The van der Waals surface area contributed by atoms with Crippen LogP contribution in [0.3, 0.4) is 0 Å². The van der Waals surface area contributed by atoms with Gasteiger partial charge in [-0.3, -0.25) is 0 Å². The molecule has 2 rings (SSSR count). The van der Waals surface area contributed by atoms with E-state index in [0.717, 1.165) is 11.1 Å². The number of ether oxygens (including phenoxy) is 2. The first-order chi connectivity index (χ1) is 12.2. The second kappa shape index (κ2) is 12.2. The number of benzene rings is 2. The predicted molar refractivity (Wildman–Crippen MR) is 99.6 cm³/mol. The summed E-state index contributed by atoms with van der Waals surface area (Å²) in [6.07, 6.45) is -0.942. The van der Waals surface area contributed by atoms with Crippen LogP contribution in [0.5, 0.6) is 0 Å². The minimum atomic E-state index is -0.471. The molecule has 0 amide bonds. The Balaban J connectivity index is 1.48. The van der Waals surface area contributed by atoms with Gasteiger partial charge in [-0.2, -0.15) is 0 Å². The van der Waals surface area contributed by atoms with Crippen molar-refractivity contribution in [2.75, 3.05) is 13.2 Å². The van der Waals surface area contributed by atoms with Crippen molar-refractivity contribution in [3.8, 4) is 0 Å². The molecule has 0 aliphatic heterocycles. The third-order valence-corrected chi connectivity index (χ3v) is 6.07. The molecule has 25 heavy (non-hydrogen) atoms. The molecule has 0 saturated carbocycles. The van der Waals surface area contributed by atoms with Gasteiger partial charge in [0.15, 0.2) is 0 Å². The van der Waals surface area contributed by atoms with Crippen molar-refractivity contribution in [3.05, 3.63) is 71.8 Å². The second-order valence-corrected chi connectivity index (χ2v) is 8.10. The Morgan fingerprint density at radius 1 is 0.680 bits per heavy atom. The maximum absolute atomic E-state index is 9.94. The van der Waals surface area contributed by atoms with Crippen LogP contribution in [0.25, 0.3) is 0 Å². The number of aliphatic hydroxyl groups is 2. The SMILES string of the molecule is O[C@@H](COCc1ccccc1)C[Se]C[C@@H](O)COCc1ccccc1. The van der Waals surface area contributed by atoms with E-state index < -0.39 is 12.2 Å². The molecule has 0 aliphatic rings. The Kier molecular flexibility index (Phi) is 9.82. The van der Waals surface area contributed by atoms with Gasteiger partial charge in [0.05, 0.1) is 0 Å². The normalized spacial score (nSPS) is 13.5. The van der Waals surface area contributed by atoms with Crippen molar-refractivity contribution in [1.29, 1.82) is 0 Å².